The van der Waals surface area contributed by atoms with E-state index in [1.165, 1.54) is 116 Å². The van der Waals surface area contributed by atoms with Crippen molar-refractivity contribution in [2.24, 2.45) is 46.3 Å². The molecule has 3 N–H and O–H groups in total. The van der Waals surface area contributed by atoms with E-state index in [9.17, 15) is 33.6 Å². The fourth-order valence-electron chi connectivity index (χ4n) is 18.1. The first-order valence-corrected chi connectivity index (χ1v) is 41.2. The molecule has 1 aliphatic heterocycles. The number of allylic oxidation sites excluding steroid dienone is 2. The fourth-order valence-corrected chi connectivity index (χ4v) is 18.1. The highest BCUT2D eigenvalue weighted by atomic mass is 16.7. The number of carbonyl (C=O) groups is 7. The van der Waals surface area contributed by atoms with E-state index >= 15 is 0 Å². The lowest BCUT2D eigenvalue weighted by molar-refractivity contribution is -0.300. The van der Waals surface area contributed by atoms with Crippen LogP contribution in [0.3, 0.4) is 0 Å². The number of hydrogen-bond acceptors (Lipinski definition) is 16. The first-order chi connectivity index (χ1) is 52.6. The summed E-state index contributed by atoms with van der Waals surface area (Å²) in [6.07, 6.45) is 29.9. The number of esters is 4. The van der Waals surface area contributed by atoms with Crippen molar-refractivity contribution in [2.75, 3.05) is 59.3 Å². The maximum absolute atomic E-state index is 14.0. The first-order valence-electron chi connectivity index (χ1n) is 41.2. The molecule has 4 aromatic rings. The molecule has 19 heteroatoms. The summed E-state index contributed by atoms with van der Waals surface area (Å²) in [5, 5.41) is 9.16. The molecule has 592 valence electrons. The summed E-state index contributed by atoms with van der Waals surface area (Å²) < 4.78 is 54.5. The predicted octanol–water partition coefficient (Wildman–Crippen LogP) is 17.3. The number of alkyl carbamates (subject to hydrolysis) is 1. The third kappa shape index (κ3) is 26.1. The third-order valence-corrected chi connectivity index (χ3v) is 24.0. The molecule has 0 spiro atoms. The molecule has 9 rings (SSSR count). The summed E-state index contributed by atoms with van der Waals surface area (Å²) in [6.45, 7) is 11.5. The Balaban J connectivity index is 0.618. The smallest absolute Gasteiger partial charge is 0.407 e. The van der Waals surface area contributed by atoms with E-state index in [-0.39, 0.29) is 79.3 Å². The van der Waals surface area contributed by atoms with Gasteiger partial charge in [0.2, 0.25) is 11.8 Å². The van der Waals surface area contributed by atoms with Gasteiger partial charge in [0.15, 0.2) is 24.6 Å². The summed E-state index contributed by atoms with van der Waals surface area (Å²) in [5.74, 6) is 0.849. The van der Waals surface area contributed by atoms with Crippen LogP contribution in [-0.4, -0.2) is 138 Å². The van der Waals surface area contributed by atoms with Crippen LogP contribution >= 0.6 is 0 Å². The second-order valence-electron chi connectivity index (χ2n) is 31.4. The number of rotatable bonds is 46. The van der Waals surface area contributed by atoms with E-state index in [0.29, 0.717) is 67.5 Å². The van der Waals surface area contributed by atoms with Crippen molar-refractivity contribution in [1.82, 2.24) is 16.0 Å². The SMILES string of the molecule is CCCCCCCC/C=C\CCCCCCCCNC(=O)O[C@@H]1CC[C@@]2(C)C(CCC3C4CCC(C(C)CCC(=O)NCCCCCC(=O)NCCOCCOCCO[C@H]5OC(COC(=O)c6ccccc6)[C@@H](OC(=O)c6ccccc6)C(OC(=O)c6ccccc6)[C@H]5OC(=O)c5ccccc5)[C@@]4(C)CCC32)C1. The highest BCUT2D eigenvalue weighted by Gasteiger charge is 2.61. The summed E-state index contributed by atoms with van der Waals surface area (Å²) in [4.78, 5) is 94.0. The molecule has 19 nitrogen and oxygen atoms in total. The maximum atomic E-state index is 14.0. The second-order valence-corrected chi connectivity index (χ2v) is 31.4. The van der Waals surface area contributed by atoms with Crippen molar-refractivity contribution in [3.8, 4) is 0 Å². The second kappa shape index (κ2) is 45.6. The summed E-state index contributed by atoms with van der Waals surface area (Å²) in [5.41, 5.74) is 1.37. The van der Waals surface area contributed by atoms with Crippen LogP contribution in [0.1, 0.15) is 255 Å². The zero-order valence-electron chi connectivity index (χ0n) is 65.0. The molecule has 108 heavy (non-hydrogen) atoms. The number of unbranched alkanes of at least 4 members (excludes halogenated alkanes) is 14. The lowest BCUT2D eigenvalue weighted by Crippen LogP contribution is -2.63. The molecule has 4 saturated carbocycles. The number of hydrogen-bond donors (Lipinski definition) is 3. The van der Waals surface area contributed by atoms with Crippen molar-refractivity contribution >= 4 is 41.8 Å². The largest absolute Gasteiger partial charge is 0.459 e. The highest BCUT2D eigenvalue weighted by molar-refractivity contribution is 5.92. The van der Waals surface area contributed by atoms with Crippen LogP contribution in [0, 0.1) is 46.3 Å². The quantitative estimate of drug-likeness (QED) is 0.0161. The van der Waals surface area contributed by atoms with Gasteiger partial charge in [-0.15, -0.1) is 0 Å². The Bertz CT molecular complexity index is 3360. The summed E-state index contributed by atoms with van der Waals surface area (Å²) in [7, 11) is 0. The molecule has 5 fully saturated rings. The molecular formula is C89H125N3O16. The lowest BCUT2D eigenvalue weighted by atomic mass is 9.44. The van der Waals surface area contributed by atoms with Crippen molar-refractivity contribution in [2.45, 2.75) is 251 Å². The van der Waals surface area contributed by atoms with Crippen LogP contribution in [-0.2, 0) is 52.2 Å². The Morgan fingerprint density at radius 2 is 0.981 bits per heavy atom. The topological polar surface area (TPSA) is 239 Å². The molecule has 0 bridgehead atoms. The Morgan fingerprint density at radius 1 is 0.481 bits per heavy atom. The van der Waals surface area contributed by atoms with Crippen molar-refractivity contribution in [1.29, 1.82) is 0 Å². The standard InChI is InChI=1S/C89H125N3O16/c1-5-6-7-8-9-10-11-12-13-14-15-16-17-18-19-34-56-92-87(99)104-71-51-53-88(3)70(63-71)46-47-72-74-49-48-73(89(74,4)54-52-75(72)88)65(2)45-50-78(94)90-55-35-24-33-44-77(93)91-57-58-100-59-60-101-61-62-102-86-81(108-85(98)69-42-31-23-32-43-69)80(107-84(97)68-40-29-22-30-41-68)79(106-83(96)67-38-27-21-28-39-67)76(105-86)64-103-82(95)66-36-25-20-26-37-66/h12-13,20-23,25-32,36-43,65,70-76,79-81,86H,5-11,14-19,24,33-35,44-64H2,1-4H3,(H,90,94)(H,91,93)(H,92,99)/b13-12-/t65?,70?,71-,72?,73?,74?,75?,76?,79-,80?,81-,86+,88+,89-/m1/s1. The molecule has 0 aromatic heterocycles. The van der Waals surface area contributed by atoms with Gasteiger partial charge >= 0.3 is 30.0 Å². The van der Waals surface area contributed by atoms with Crippen molar-refractivity contribution in [3.63, 3.8) is 0 Å². The molecule has 14 atom stereocenters. The highest BCUT2D eigenvalue weighted by Crippen LogP contribution is 2.68. The molecule has 5 aliphatic rings. The minimum Gasteiger partial charge on any atom is -0.459 e. The lowest BCUT2D eigenvalue weighted by Gasteiger charge is -2.61. The van der Waals surface area contributed by atoms with Crippen LogP contribution in [0.4, 0.5) is 4.79 Å². The average molecular weight is 1490 g/mol. The van der Waals surface area contributed by atoms with Gasteiger partial charge in [-0.25, -0.2) is 24.0 Å². The minimum absolute atomic E-state index is 0.0154. The Kier molecular flexibility index (Phi) is 35.7. The Hall–Kier alpha value is -7.45. The van der Waals surface area contributed by atoms with Gasteiger partial charge in [0.25, 0.3) is 0 Å². The molecule has 1 saturated heterocycles. The van der Waals surface area contributed by atoms with Crippen LogP contribution in [0.15, 0.2) is 133 Å². The van der Waals surface area contributed by atoms with Gasteiger partial charge in [-0.1, -0.05) is 177 Å². The monoisotopic (exact) mass is 1490 g/mol. The molecule has 3 amide bonds. The number of ether oxygens (including phenoxy) is 9. The number of fused-ring (bicyclic) bond motifs is 5. The van der Waals surface area contributed by atoms with Gasteiger partial charge in [0, 0.05) is 32.5 Å². The van der Waals surface area contributed by atoms with E-state index < -0.39 is 61.2 Å². The maximum Gasteiger partial charge on any atom is 0.407 e. The van der Waals surface area contributed by atoms with Gasteiger partial charge in [0.1, 0.15) is 18.8 Å². The normalized spacial score (nSPS) is 25.3. The molecule has 1 heterocycles. The van der Waals surface area contributed by atoms with Crippen molar-refractivity contribution < 1.29 is 76.2 Å². The van der Waals surface area contributed by atoms with E-state index in [1.807, 2.05) is 0 Å². The molecule has 0 radical (unpaired) electrons. The minimum atomic E-state index is -1.57. The van der Waals surface area contributed by atoms with Crippen LogP contribution in [0.5, 0.6) is 0 Å². The Labute approximate surface area is 642 Å². The molecule has 4 aliphatic carbocycles. The van der Waals surface area contributed by atoms with Crippen LogP contribution in [0.2, 0.25) is 0 Å². The van der Waals surface area contributed by atoms with Gasteiger partial charge < -0.3 is 58.6 Å². The average Bonchev–Trinajstić information content (AvgIpc) is 1.44. The fraction of sp³-hybridized carbons (Fsp3) is 0.629. The molecule has 4 aromatic carbocycles. The predicted molar refractivity (Wildman–Crippen MR) is 416 cm³/mol. The third-order valence-electron chi connectivity index (χ3n) is 24.0. The van der Waals surface area contributed by atoms with Gasteiger partial charge in [0.05, 0.1) is 55.3 Å². The van der Waals surface area contributed by atoms with E-state index in [1.54, 1.807) is 121 Å². The molecular weight excluding hydrogens is 1370 g/mol. The number of nitrogens with one attached hydrogen (secondary N) is 3. The van der Waals surface area contributed by atoms with Gasteiger partial charge in [-0.2, -0.15) is 0 Å². The number of benzene rings is 4. The summed E-state index contributed by atoms with van der Waals surface area (Å²) in [6, 6.07) is 32.7. The van der Waals surface area contributed by atoms with Crippen molar-refractivity contribution in [3.05, 3.63) is 156 Å². The van der Waals surface area contributed by atoms with Gasteiger partial charge in [-0.05, 0) is 204 Å². The Morgan fingerprint density at radius 3 is 1.60 bits per heavy atom. The first kappa shape index (κ1) is 84.6. The summed E-state index contributed by atoms with van der Waals surface area (Å²) >= 11 is 0. The number of amides is 3. The van der Waals surface area contributed by atoms with Crippen LogP contribution in [0.25, 0.3) is 0 Å². The van der Waals surface area contributed by atoms with E-state index in [2.05, 4.69) is 55.8 Å². The van der Waals surface area contributed by atoms with Gasteiger partial charge in [-0.3, -0.25) is 9.59 Å². The molecule has 8 unspecified atom stereocenters. The van der Waals surface area contributed by atoms with E-state index in [0.717, 1.165) is 69.1 Å². The van der Waals surface area contributed by atoms with E-state index in [4.69, 9.17) is 42.6 Å². The number of carbonyl (C=O) groups excluding carboxylic acids is 7. The van der Waals surface area contributed by atoms with Crippen LogP contribution < -0.4 is 16.0 Å². The zero-order chi connectivity index (χ0) is 76.2. The zero-order valence-corrected chi connectivity index (χ0v) is 65.0.